The maximum absolute atomic E-state index is 12.8. The Bertz CT molecular complexity index is 984. The van der Waals surface area contributed by atoms with Gasteiger partial charge in [0.2, 0.25) is 5.91 Å². The number of amides is 1. The van der Waals surface area contributed by atoms with E-state index < -0.39 is 0 Å². The molecule has 3 heterocycles. The van der Waals surface area contributed by atoms with E-state index in [-0.39, 0.29) is 12.5 Å². The minimum absolute atomic E-state index is 0.0780. The quantitative estimate of drug-likeness (QED) is 0.684. The molecular formula is C19H21N5OS2. The van der Waals surface area contributed by atoms with Gasteiger partial charge in [-0.1, -0.05) is 18.2 Å². The number of hydrogen-bond donors (Lipinski definition) is 1. The molecule has 0 bridgehead atoms. The molecule has 140 valence electrons. The molecule has 0 radical (unpaired) electrons. The van der Waals surface area contributed by atoms with Gasteiger partial charge in [0.15, 0.2) is 10.6 Å². The lowest BCUT2D eigenvalue weighted by Gasteiger charge is -2.36. The number of aryl methyl sites for hydroxylation is 1. The van der Waals surface area contributed by atoms with Gasteiger partial charge in [0.1, 0.15) is 6.54 Å². The highest BCUT2D eigenvalue weighted by Gasteiger charge is 2.23. The summed E-state index contributed by atoms with van der Waals surface area (Å²) in [4.78, 5) is 18.1. The first-order valence-electron chi connectivity index (χ1n) is 8.90. The molecule has 1 aromatic carbocycles. The summed E-state index contributed by atoms with van der Waals surface area (Å²) in [7, 11) is 0. The van der Waals surface area contributed by atoms with Crippen LogP contribution in [0.3, 0.4) is 0 Å². The smallest absolute Gasteiger partial charge is 0.242 e. The average molecular weight is 400 g/mol. The van der Waals surface area contributed by atoms with Gasteiger partial charge in [-0.3, -0.25) is 14.5 Å². The highest BCUT2D eigenvalue weighted by atomic mass is 32.1. The molecule has 0 saturated carbocycles. The van der Waals surface area contributed by atoms with E-state index in [1.807, 2.05) is 22.4 Å². The molecule has 3 aromatic rings. The standard InChI is InChI=1S/C19H21N5OS2/c1-14-4-2-5-15(12-14)22-7-9-23(10-8-22)17(25)13-24-18(20-21-19(24)26)16-6-3-11-27-16/h2-6,11-12H,7-10,13H2,1H3,(H,21,26). The summed E-state index contributed by atoms with van der Waals surface area (Å²) >= 11 is 6.92. The lowest BCUT2D eigenvalue weighted by atomic mass is 10.2. The number of thiophene rings is 1. The predicted octanol–water partition coefficient (Wildman–Crippen LogP) is 3.33. The highest BCUT2D eigenvalue weighted by Crippen LogP contribution is 2.23. The van der Waals surface area contributed by atoms with E-state index >= 15 is 0 Å². The predicted molar refractivity (Wildman–Crippen MR) is 111 cm³/mol. The van der Waals surface area contributed by atoms with Crippen LogP contribution in [0.4, 0.5) is 5.69 Å². The van der Waals surface area contributed by atoms with Crippen molar-refractivity contribution in [2.24, 2.45) is 0 Å². The average Bonchev–Trinajstić information content (AvgIpc) is 3.32. The summed E-state index contributed by atoms with van der Waals surface area (Å²) < 4.78 is 2.27. The third-order valence-corrected chi connectivity index (χ3v) is 5.97. The maximum Gasteiger partial charge on any atom is 0.242 e. The number of benzene rings is 1. The van der Waals surface area contributed by atoms with Gasteiger partial charge in [-0.25, -0.2) is 0 Å². The summed E-state index contributed by atoms with van der Waals surface area (Å²) in [6, 6.07) is 12.4. The lowest BCUT2D eigenvalue weighted by Crippen LogP contribution is -2.49. The second-order valence-electron chi connectivity index (χ2n) is 6.62. The van der Waals surface area contributed by atoms with Gasteiger partial charge >= 0.3 is 0 Å². The van der Waals surface area contributed by atoms with Crippen LogP contribution in [0.25, 0.3) is 10.7 Å². The van der Waals surface area contributed by atoms with Gasteiger partial charge in [-0.05, 0) is 48.3 Å². The number of anilines is 1. The first kappa shape index (κ1) is 17.9. The third kappa shape index (κ3) is 3.81. The Morgan fingerprint density at radius 3 is 2.74 bits per heavy atom. The number of rotatable bonds is 4. The Morgan fingerprint density at radius 1 is 1.22 bits per heavy atom. The molecular weight excluding hydrogens is 378 g/mol. The normalized spacial score (nSPS) is 14.6. The molecule has 0 unspecified atom stereocenters. The van der Waals surface area contributed by atoms with Crippen LogP contribution in [0, 0.1) is 11.7 Å². The van der Waals surface area contributed by atoms with Gasteiger partial charge in [0, 0.05) is 31.9 Å². The lowest BCUT2D eigenvalue weighted by molar-refractivity contribution is -0.132. The van der Waals surface area contributed by atoms with Crippen molar-refractivity contribution in [3.8, 4) is 10.7 Å². The molecule has 0 spiro atoms. The number of carbonyl (C=O) groups is 1. The minimum atomic E-state index is 0.0780. The highest BCUT2D eigenvalue weighted by molar-refractivity contribution is 7.71. The molecule has 27 heavy (non-hydrogen) atoms. The fourth-order valence-corrected chi connectivity index (χ4v) is 4.25. The third-order valence-electron chi connectivity index (χ3n) is 4.79. The van der Waals surface area contributed by atoms with Crippen molar-refractivity contribution in [1.82, 2.24) is 19.7 Å². The van der Waals surface area contributed by atoms with Crippen molar-refractivity contribution in [1.29, 1.82) is 0 Å². The zero-order valence-electron chi connectivity index (χ0n) is 15.1. The SMILES string of the molecule is Cc1cccc(N2CCN(C(=O)Cn3c(-c4cccs4)n[nH]c3=S)CC2)c1. The van der Waals surface area contributed by atoms with Gasteiger partial charge in [0.25, 0.3) is 0 Å². The van der Waals surface area contributed by atoms with Crippen LogP contribution in [-0.2, 0) is 11.3 Å². The first-order valence-corrected chi connectivity index (χ1v) is 10.2. The van der Waals surface area contributed by atoms with Crippen LogP contribution in [0.2, 0.25) is 0 Å². The van der Waals surface area contributed by atoms with E-state index in [1.165, 1.54) is 11.3 Å². The number of nitrogens with one attached hydrogen (secondary N) is 1. The molecule has 6 nitrogen and oxygen atoms in total. The van der Waals surface area contributed by atoms with E-state index in [0.717, 1.165) is 23.8 Å². The zero-order chi connectivity index (χ0) is 18.8. The fraction of sp³-hybridized carbons (Fsp3) is 0.316. The van der Waals surface area contributed by atoms with E-state index in [0.29, 0.717) is 17.9 Å². The van der Waals surface area contributed by atoms with E-state index in [9.17, 15) is 4.79 Å². The summed E-state index contributed by atoms with van der Waals surface area (Å²) in [5.41, 5.74) is 2.47. The largest absolute Gasteiger partial charge is 0.368 e. The molecule has 1 saturated heterocycles. The van der Waals surface area contributed by atoms with Crippen LogP contribution in [-0.4, -0.2) is 51.8 Å². The van der Waals surface area contributed by atoms with Crippen molar-refractivity contribution in [3.05, 3.63) is 52.1 Å². The van der Waals surface area contributed by atoms with Crippen molar-refractivity contribution < 1.29 is 4.79 Å². The van der Waals surface area contributed by atoms with Gasteiger partial charge in [-0.2, -0.15) is 5.10 Å². The van der Waals surface area contributed by atoms with Gasteiger partial charge in [-0.15, -0.1) is 11.3 Å². The van der Waals surface area contributed by atoms with Gasteiger partial charge < -0.3 is 9.80 Å². The van der Waals surface area contributed by atoms with Crippen LogP contribution in [0.5, 0.6) is 0 Å². The van der Waals surface area contributed by atoms with Crippen molar-refractivity contribution >= 4 is 35.1 Å². The molecule has 2 aromatic heterocycles. The monoisotopic (exact) mass is 399 g/mol. The van der Waals surface area contributed by atoms with Crippen molar-refractivity contribution in [2.45, 2.75) is 13.5 Å². The number of piperazine rings is 1. The molecule has 1 aliphatic heterocycles. The summed E-state index contributed by atoms with van der Waals surface area (Å²) in [5, 5.41) is 9.09. The summed E-state index contributed by atoms with van der Waals surface area (Å²) in [6.07, 6.45) is 0. The Hall–Kier alpha value is -2.45. The minimum Gasteiger partial charge on any atom is -0.368 e. The molecule has 4 rings (SSSR count). The van der Waals surface area contributed by atoms with E-state index in [1.54, 1.807) is 15.9 Å². The van der Waals surface area contributed by atoms with Gasteiger partial charge in [0.05, 0.1) is 4.88 Å². The maximum atomic E-state index is 12.8. The Labute approximate surface area is 167 Å². The van der Waals surface area contributed by atoms with E-state index in [2.05, 4.69) is 46.3 Å². The van der Waals surface area contributed by atoms with Crippen LogP contribution in [0.15, 0.2) is 41.8 Å². The summed E-state index contributed by atoms with van der Waals surface area (Å²) in [6.45, 7) is 5.42. The zero-order valence-corrected chi connectivity index (χ0v) is 16.7. The van der Waals surface area contributed by atoms with Crippen molar-refractivity contribution in [3.63, 3.8) is 0 Å². The molecule has 1 aliphatic rings. The van der Waals surface area contributed by atoms with Crippen molar-refractivity contribution in [2.75, 3.05) is 31.1 Å². The molecule has 1 amide bonds. The number of H-pyrrole nitrogens is 1. The van der Waals surface area contributed by atoms with Crippen LogP contribution in [0.1, 0.15) is 5.56 Å². The number of aromatic amines is 1. The van der Waals surface area contributed by atoms with Crippen LogP contribution < -0.4 is 4.90 Å². The summed E-state index contributed by atoms with van der Waals surface area (Å²) in [5.74, 6) is 0.802. The topological polar surface area (TPSA) is 57.2 Å². The number of hydrogen-bond acceptors (Lipinski definition) is 5. The number of carbonyl (C=O) groups excluding carboxylic acids is 1. The Kier molecular flexibility index (Phi) is 5.09. The molecule has 1 fully saturated rings. The Morgan fingerprint density at radius 2 is 2.04 bits per heavy atom. The number of nitrogens with zero attached hydrogens (tertiary/aromatic N) is 4. The first-order chi connectivity index (χ1) is 13.1. The fourth-order valence-electron chi connectivity index (χ4n) is 3.33. The Balaban J connectivity index is 1.42. The second-order valence-corrected chi connectivity index (χ2v) is 7.96. The molecule has 8 heteroatoms. The van der Waals surface area contributed by atoms with Crippen LogP contribution >= 0.6 is 23.6 Å². The second kappa shape index (κ2) is 7.66. The molecule has 0 aliphatic carbocycles. The molecule has 0 atom stereocenters. The molecule has 1 N–H and O–H groups in total. The number of aromatic nitrogens is 3. The van der Waals surface area contributed by atoms with E-state index in [4.69, 9.17) is 12.2 Å².